The average molecular weight is 267 g/mol. The van der Waals surface area contributed by atoms with Crippen LogP contribution in [0.5, 0.6) is 0 Å². The highest BCUT2D eigenvalue weighted by atomic mass is 35.5. The lowest BCUT2D eigenvalue weighted by molar-refractivity contribution is 0.0696. The molecule has 0 unspecified atom stereocenters. The van der Waals surface area contributed by atoms with Gasteiger partial charge in [-0.3, -0.25) is 0 Å². The fourth-order valence-corrected chi connectivity index (χ4v) is 1.65. The second-order valence-electron chi connectivity index (χ2n) is 3.57. The molecule has 1 N–H and O–H groups in total. The average Bonchev–Trinajstić information content (AvgIpc) is 2.34. The number of hydrogen-bond donors (Lipinski definition) is 1. The molecule has 0 saturated heterocycles. The van der Waals surface area contributed by atoms with Crippen molar-refractivity contribution >= 4 is 17.6 Å². The number of carbonyl (C=O) groups is 1. The predicted octanol–water partition coefficient (Wildman–Crippen LogP) is 2.56. The highest BCUT2D eigenvalue weighted by Gasteiger charge is 2.10. The third kappa shape index (κ3) is 2.62. The summed E-state index contributed by atoms with van der Waals surface area (Å²) in [5.41, 5.74) is 0.278. The van der Waals surface area contributed by atoms with E-state index in [0.29, 0.717) is 16.4 Å². The van der Waals surface area contributed by atoms with Crippen LogP contribution < -0.4 is 0 Å². The summed E-state index contributed by atoms with van der Waals surface area (Å²) < 4.78 is 13.5. The molecule has 6 heteroatoms. The lowest BCUT2D eigenvalue weighted by Crippen LogP contribution is -2.03. The van der Waals surface area contributed by atoms with Gasteiger partial charge in [0.25, 0.3) is 0 Å². The van der Waals surface area contributed by atoms with Crippen molar-refractivity contribution < 1.29 is 14.3 Å². The van der Waals surface area contributed by atoms with Gasteiger partial charge in [0.05, 0.1) is 5.56 Å². The molecule has 2 aromatic rings. The van der Waals surface area contributed by atoms with Crippen molar-refractivity contribution in [1.82, 2.24) is 9.97 Å². The van der Waals surface area contributed by atoms with Crippen LogP contribution in [0.4, 0.5) is 4.39 Å². The molecule has 92 valence electrons. The molecular weight excluding hydrogens is 259 g/mol. The Kier molecular flexibility index (Phi) is 3.53. The first-order chi connectivity index (χ1) is 8.58. The highest BCUT2D eigenvalue weighted by molar-refractivity contribution is 6.31. The molecule has 0 aliphatic heterocycles. The normalized spacial score (nSPS) is 10.3. The fraction of sp³-hybridized carbons (Fsp3) is 0.0833. The second-order valence-corrected chi connectivity index (χ2v) is 3.98. The lowest BCUT2D eigenvalue weighted by atomic mass is 10.1. The lowest BCUT2D eigenvalue weighted by Gasteiger charge is -2.04. The zero-order chi connectivity index (χ0) is 13.1. The van der Waals surface area contributed by atoms with Crippen molar-refractivity contribution in [2.24, 2.45) is 0 Å². The van der Waals surface area contributed by atoms with Gasteiger partial charge in [-0.25, -0.2) is 19.2 Å². The number of hydrogen-bond acceptors (Lipinski definition) is 3. The number of nitrogens with zero attached hydrogens (tertiary/aromatic N) is 2. The largest absolute Gasteiger partial charge is 0.478 e. The Morgan fingerprint density at radius 3 is 2.56 bits per heavy atom. The number of carboxylic acids is 1. The summed E-state index contributed by atoms with van der Waals surface area (Å²) in [5.74, 6) is -1.23. The van der Waals surface area contributed by atoms with Crippen molar-refractivity contribution in [1.29, 1.82) is 0 Å². The topological polar surface area (TPSA) is 63.1 Å². The third-order valence-electron chi connectivity index (χ3n) is 2.35. The van der Waals surface area contributed by atoms with Crippen molar-refractivity contribution in [3.63, 3.8) is 0 Å². The van der Waals surface area contributed by atoms with Gasteiger partial charge in [0.1, 0.15) is 11.6 Å². The van der Waals surface area contributed by atoms with Crippen LogP contribution in [0.3, 0.4) is 0 Å². The van der Waals surface area contributed by atoms with Crippen molar-refractivity contribution in [3.05, 3.63) is 58.4 Å². The van der Waals surface area contributed by atoms with Gasteiger partial charge in [0.15, 0.2) is 0 Å². The Labute approximate surface area is 107 Å². The molecule has 0 atom stereocenters. The summed E-state index contributed by atoms with van der Waals surface area (Å²) in [6.07, 6.45) is 2.48. The minimum Gasteiger partial charge on any atom is -0.478 e. The molecule has 0 saturated carbocycles. The van der Waals surface area contributed by atoms with Crippen LogP contribution in [-0.4, -0.2) is 21.0 Å². The van der Waals surface area contributed by atoms with Gasteiger partial charge in [-0.2, -0.15) is 0 Å². The van der Waals surface area contributed by atoms with Crippen LogP contribution in [0.1, 0.15) is 21.7 Å². The van der Waals surface area contributed by atoms with E-state index in [2.05, 4.69) is 9.97 Å². The molecule has 0 aliphatic carbocycles. The summed E-state index contributed by atoms with van der Waals surface area (Å²) in [4.78, 5) is 18.3. The number of benzene rings is 1. The standard InChI is InChI=1S/C12H8ClFN2O2/c13-9-2-1-3-10(14)8(9)4-11-15-5-7(6-16-11)12(17)18/h1-3,5-6H,4H2,(H,17,18). The zero-order valence-corrected chi connectivity index (χ0v) is 9.86. The molecule has 1 aromatic heterocycles. The van der Waals surface area contributed by atoms with Crippen molar-refractivity contribution in [2.45, 2.75) is 6.42 Å². The first kappa shape index (κ1) is 12.4. The van der Waals surface area contributed by atoms with Crippen LogP contribution in [0.2, 0.25) is 5.02 Å². The number of halogens is 2. The molecule has 0 amide bonds. The van der Waals surface area contributed by atoms with E-state index in [9.17, 15) is 9.18 Å². The Morgan fingerprint density at radius 2 is 2.00 bits per heavy atom. The summed E-state index contributed by atoms with van der Waals surface area (Å²) in [5, 5.41) is 8.99. The van der Waals surface area contributed by atoms with Gasteiger partial charge < -0.3 is 5.11 Å². The highest BCUT2D eigenvalue weighted by Crippen LogP contribution is 2.20. The maximum atomic E-state index is 13.5. The minimum atomic E-state index is -1.11. The Morgan fingerprint density at radius 1 is 1.33 bits per heavy atom. The maximum Gasteiger partial charge on any atom is 0.338 e. The number of carboxylic acid groups (broad SMARTS) is 1. The molecule has 4 nitrogen and oxygen atoms in total. The van der Waals surface area contributed by atoms with Gasteiger partial charge >= 0.3 is 5.97 Å². The van der Waals surface area contributed by atoms with Crippen molar-refractivity contribution in [2.75, 3.05) is 0 Å². The number of rotatable bonds is 3. The van der Waals surface area contributed by atoms with E-state index in [-0.39, 0.29) is 12.0 Å². The summed E-state index contributed by atoms with van der Waals surface area (Å²) in [7, 11) is 0. The van der Waals surface area contributed by atoms with Crippen LogP contribution in [0.15, 0.2) is 30.6 Å². The van der Waals surface area contributed by atoms with Gasteiger partial charge in [-0.05, 0) is 12.1 Å². The van der Waals surface area contributed by atoms with Crippen LogP contribution in [0.25, 0.3) is 0 Å². The van der Waals surface area contributed by atoms with E-state index in [0.717, 1.165) is 0 Å². The maximum absolute atomic E-state index is 13.5. The van der Waals surface area contributed by atoms with Gasteiger partial charge in [0, 0.05) is 29.4 Å². The van der Waals surface area contributed by atoms with Crippen LogP contribution in [0, 0.1) is 5.82 Å². The first-order valence-corrected chi connectivity index (χ1v) is 5.43. The number of aromatic nitrogens is 2. The minimum absolute atomic E-state index is 0.0154. The van der Waals surface area contributed by atoms with E-state index >= 15 is 0 Å². The van der Waals surface area contributed by atoms with E-state index in [4.69, 9.17) is 16.7 Å². The van der Waals surface area contributed by atoms with Crippen LogP contribution in [-0.2, 0) is 6.42 Å². The molecule has 1 heterocycles. The fourth-order valence-electron chi connectivity index (χ4n) is 1.42. The smallest absolute Gasteiger partial charge is 0.338 e. The number of aromatic carboxylic acids is 1. The van der Waals surface area contributed by atoms with E-state index in [1.54, 1.807) is 6.07 Å². The van der Waals surface area contributed by atoms with Gasteiger partial charge in [-0.1, -0.05) is 17.7 Å². The zero-order valence-electron chi connectivity index (χ0n) is 9.10. The van der Waals surface area contributed by atoms with Crippen molar-refractivity contribution in [3.8, 4) is 0 Å². The van der Waals surface area contributed by atoms with E-state index in [1.807, 2.05) is 0 Å². The first-order valence-electron chi connectivity index (χ1n) is 5.05. The Balaban J connectivity index is 2.26. The third-order valence-corrected chi connectivity index (χ3v) is 2.70. The molecule has 2 rings (SSSR count). The van der Waals surface area contributed by atoms with Gasteiger partial charge in [-0.15, -0.1) is 0 Å². The Hall–Kier alpha value is -2.01. The molecule has 0 radical (unpaired) electrons. The SMILES string of the molecule is O=C(O)c1cnc(Cc2c(F)cccc2Cl)nc1. The second kappa shape index (κ2) is 5.10. The molecule has 18 heavy (non-hydrogen) atoms. The summed E-state index contributed by atoms with van der Waals surface area (Å²) in [6, 6.07) is 4.38. The molecule has 0 fully saturated rings. The molecular formula is C12H8ClFN2O2. The predicted molar refractivity (Wildman–Crippen MR) is 63.2 cm³/mol. The molecule has 0 spiro atoms. The molecule has 1 aromatic carbocycles. The molecule has 0 bridgehead atoms. The van der Waals surface area contributed by atoms with Gasteiger partial charge in [0.2, 0.25) is 0 Å². The molecule has 0 aliphatic rings. The Bertz CT molecular complexity index is 567. The summed E-state index contributed by atoms with van der Waals surface area (Å²) in [6.45, 7) is 0. The quantitative estimate of drug-likeness (QED) is 0.927. The monoisotopic (exact) mass is 266 g/mol. The summed E-state index contributed by atoms with van der Waals surface area (Å²) >= 11 is 5.87. The van der Waals surface area contributed by atoms with E-state index < -0.39 is 11.8 Å². The van der Waals surface area contributed by atoms with Crippen LogP contribution >= 0.6 is 11.6 Å². The van der Waals surface area contributed by atoms with E-state index in [1.165, 1.54) is 24.5 Å².